The van der Waals surface area contributed by atoms with E-state index in [9.17, 15) is 4.79 Å². The van der Waals surface area contributed by atoms with Gasteiger partial charge in [0.1, 0.15) is 11.6 Å². The SMILES string of the molecule is CCOc1cc(C)c(CNCc2n[nH]c(=O)[nH]2)cc1C(C)C. The Morgan fingerprint density at radius 1 is 1.32 bits per heavy atom. The van der Waals surface area contributed by atoms with Crippen LogP contribution in [0.5, 0.6) is 5.75 Å². The van der Waals surface area contributed by atoms with Crippen molar-refractivity contribution in [3.05, 3.63) is 45.1 Å². The highest BCUT2D eigenvalue weighted by molar-refractivity contribution is 5.44. The van der Waals surface area contributed by atoms with Crippen molar-refractivity contribution in [2.75, 3.05) is 6.61 Å². The zero-order valence-corrected chi connectivity index (χ0v) is 13.6. The van der Waals surface area contributed by atoms with E-state index in [4.69, 9.17) is 4.74 Å². The molecule has 0 aliphatic rings. The standard InChI is InChI=1S/C16H24N4O2/c1-5-22-14-6-11(4)12(7-13(14)10(2)3)8-17-9-15-18-16(21)20-19-15/h6-7,10,17H,5,8-9H2,1-4H3,(H2,18,19,20,21). The molecule has 1 heterocycles. The lowest BCUT2D eigenvalue weighted by Gasteiger charge is -2.17. The summed E-state index contributed by atoms with van der Waals surface area (Å²) in [7, 11) is 0. The van der Waals surface area contributed by atoms with Gasteiger partial charge in [-0.05, 0) is 42.5 Å². The number of hydrogen-bond acceptors (Lipinski definition) is 4. The lowest BCUT2D eigenvalue weighted by molar-refractivity contribution is 0.335. The van der Waals surface area contributed by atoms with Crippen molar-refractivity contribution >= 4 is 0 Å². The summed E-state index contributed by atoms with van der Waals surface area (Å²) in [5, 5.41) is 9.53. The van der Waals surface area contributed by atoms with Crippen LogP contribution in [0.1, 0.15) is 49.2 Å². The lowest BCUT2D eigenvalue weighted by Crippen LogP contribution is -2.15. The molecule has 0 atom stereocenters. The summed E-state index contributed by atoms with van der Waals surface area (Å²) in [5.41, 5.74) is 3.36. The Hall–Kier alpha value is -2.08. The molecular weight excluding hydrogens is 280 g/mol. The van der Waals surface area contributed by atoms with Crippen LogP contribution in [0.4, 0.5) is 0 Å². The third-order valence-electron chi connectivity index (χ3n) is 3.55. The van der Waals surface area contributed by atoms with Crippen LogP contribution < -0.4 is 15.7 Å². The number of aromatic amines is 2. The predicted octanol–water partition coefficient (Wildman–Crippen LogP) is 2.22. The molecule has 0 radical (unpaired) electrons. The number of aromatic nitrogens is 3. The summed E-state index contributed by atoms with van der Waals surface area (Å²) in [6.45, 7) is 10.3. The van der Waals surface area contributed by atoms with E-state index in [1.54, 1.807) is 0 Å². The van der Waals surface area contributed by atoms with E-state index in [1.807, 2.05) is 6.92 Å². The monoisotopic (exact) mass is 304 g/mol. The van der Waals surface area contributed by atoms with Gasteiger partial charge in [0.15, 0.2) is 0 Å². The van der Waals surface area contributed by atoms with Gasteiger partial charge in [-0.15, -0.1) is 0 Å². The second-order valence-corrected chi connectivity index (χ2v) is 5.63. The second kappa shape index (κ2) is 7.26. The van der Waals surface area contributed by atoms with E-state index in [2.05, 4.69) is 53.4 Å². The minimum absolute atomic E-state index is 0.281. The van der Waals surface area contributed by atoms with Crippen molar-refractivity contribution in [1.82, 2.24) is 20.5 Å². The number of benzene rings is 1. The molecule has 0 fully saturated rings. The lowest BCUT2D eigenvalue weighted by atomic mass is 9.96. The van der Waals surface area contributed by atoms with Gasteiger partial charge in [-0.2, -0.15) is 5.10 Å². The molecule has 0 spiro atoms. The van der Waals surface area contributed by atoms with Crippen LogP contribution in [0.3, 0.4) is 0 Å². The van der Waals surface area contributed by atoms with Crippen LogP contribution in [0.15, 0.2) is 16.9 Å². The minimum atomic E-state index is -0.281. The van der Waals surface area contributed by atoms with Gasteiger partial charge in [-0.1, -0.05) is 19.9 Å². The smallest absolute Gasteiger partial charge is 0.340 e. The number of aryl methyl sites for hydroxylation is 1. The van der Waals surface area contributed by atoms with E-state index in [1.165, 1.54) is 16.7 Å². The summed E-state index contributed by atoms with van der Waals surface area (Å²) >= 11 is 0. The van der Waals surface area contributed by atoms with Gasteiger partial charge in [0.2, 0.25) is 0 Å². The van der Waals surface area contributed by atoms with Crippen LogP contribution in [0.25, 0.3) is 0 Å². The Morgan fingerprint density at radius 3 is 2.68 bits per heavy atom. The number of H-pyrrole nitrogens is 2. The number of ether oxygens (including phenoxy) is 1. The van der Waals surface area contributed by atoms with E-state index >= 15 is 0 Å². The fourth-order valence-corrected chi connectivity index (χ4v) is 2.37. The molecule has 0 saturated heterocycles. The fraction of sp³-hybridized carbons (Fsp3) is 0.500. The first-order valence-corrected chi connectivity index (χ1v) is 7.61. The van der Waals surface area contributed by atoms with Gasteiger partial charge in [-0.3, -0.25) is 4.98 Å². The second-order valence-electron chi connectivity index (χ2n) is 5.63. The van der Waals surface area contributed by atoms with Gasteiger partial charge < -0.3 is 10.1 Å². The van der Waals surface area contributed by atoms with Gasteiger partial charge in [0.25, 0.3) is 0 Å². The molecule has 0 saturated carbocycles. The molecule has 3 N–H and O–H groups in total. The Labute approximate surface area is 130 Å². The summed E-state index contributed by atoms with van der Waals surface area (Å²) in [6.07, 6.45) is 0. The fourth-order valence-electron chi connectivity index (χ4n) is 2.37. The molecule has 22 heavy (non-hydrogen) atoms. The summed E-state index contributed by atoms with van der Waals surface area (Å²) in [4.78, 5) is 13.6. The highest BCUT2D eigenvalue weighted by Crippen LogP contribution is 2.29. The third-order valence-corrected chi connectivity index (χ3v) is 3.55. The van der Waals surface area contributed by atoms with Gasteiger partial charge >= 0.3 is 5.69 Å². The van der Waals surface area contributed by atoms with E-state index in [-0.39, 0.29) is 5.69 Å². The summed E-state index contributed by atoms with van der Waals surface area (Å²) in [6, 6.07) is 4.30. The molecule has 1 aromatic heterocycles. The average Bonchev–Trinajstić information content (AvgIpc) is 2.87. The largest absolute Gasteiger partial charge is 0.494 e. The molecule has 2 rings (SSSR count). The van der Waals surface area contributed by atoms with Crippen molar-refractivity contribution in [2.24, 2.45) is 0 Å². The highest BCUT2D eigenvalue weighted by Gasteiger charge is 2.11. The minimum Gasteiger partial charge on any atom is -0.494 e. The maximum atomic E-state index is 11.0. The van der Waals surface area contributed by atoms with Crippen molar-refractivity contribution in [2.45, 2.75) is 46.7 Å². The quantitative estimate of drug-likeness (QED) is 0.732. The molecule has 1 aromatic carbocycles. The van der Waals surface area contributed by atoms with E-state index in [0.717, 1.165) is 5.75 Å². The molecular formula is C16H24N4O2. The zero-order valence-electron chi connectivity index (χ0n) is 13.6. The maximum absolute atomic E-state index is 11.0. The molecule has 120 valence electrons. The van der Waals surface area contributed by atoms with Gasteiger partial charge in [-0.25, -0.2) is 9.89 Å². The molecule has 0 unspecified atom stereocenters. The molecule has 6 heteroatoms. The maximum Gasteiger partial charge on any atom is 0.340 e. The number of nitrogens with one attached hydrogen (secondary N) is 3. The summed E-state index contributed by atoms with van der Waals surface area (Å²) < 4.78 is 5.74. The zero-order chi connectivity index (χ0) is 16.1. The Balaban J connectivity index is 2.09. The highest BCUT2D eigenvalue weighted by atomic mass is 16.5. The van der Waals surface area contributed by atoms with Crippen molar-refractivity contribution < 1.29 is 4.74 Å². The van der Waals surface area contributed by atoms with Crippen molar-refractivity contribution in [3.8, 4) is 5.75 Å². The number of rotatable bonds is 7. The molecule has 0 amide bonds. The van der Waals surface area contributed by atoms with Crippen LogP contribution in [0.2, 0.25) is 0 Å². The van der Waals surface area contributed by atoms with Gasteiger partial charge in [0, 0.05) is 6.54 Å². The average molecular weight is 304 g/mol. The van der Waals surface area contributed by atoms with Crippen LogP contribution in [-0.2, 0) is 13.1 Å². The molecule has 0 aliphatic heterocycles. The van der Waals surface area contributed by atoms with Crippen molar-refractivity contribution in [1.29, 1.82) is 0 Å². The molecule has 6 nitrogen and oxygen atoms in total. The molecule has 0 bridgehead atoms. The first-order valence-electron chi connectivity index (χ1n) is 7.61. The normalized spacial score (nSPS) is 11.1. The Kier molecular flexibility index (Phi) is 5.38. The van der Waals surface area contributed by atoms with E-state index in [0.29, 0.717) is 31.4 Å². The number of hydrogen-bond donors (Lipinski definition) is 3. The Morgan fingerprint density at radius 2 is 2.09 bits per heavy atom. The molecule has 2 aromatic rings. The first kappa shape index (κ1) is 16.3. The third kappa shape index (κ3) is 3.98. The van der Waals surface area contributed by atoms with Gasteiger partial charge in [0.05, 0.1) is 13.2 Å². The molecule has 0 aliphatic carbocycles. The van der Waals surface area contributed by atoms with E-state index < -0.39 is 0 Å². The predicted molar refractivity (Wildman–Crippen MR) is 86.2 cm³/mol. The van der Waals surface area contributed by atoms with Crippen LogP contribution in [-0.4, -0.2) is 21.8 Å². The summed E-state index contributed by atoms with van der Waals surface area (Å²) in [5.74, 6) is 1.98. The topological polar surface area (TPSA) is 82.8 Å². The van der Waals surface area contributed by atoms with Crippen LogP contribution >= 0.6 is 0 Å². The van der Waals surface area contributed by atoms with Crippen molar-refractivity contribution in [3.63, 3.8) is 0 Å². The Bertz CT molecular complexity index is 673. The van der Waals surface area contributed by atoms with Crippen LogP contribution in [0, 0.1) is 6.92 Å². The number of nitrogens with zero attached hydrogens (tertiary/aromatic N) is 1. The first-order chi connectivity index (χ1) is 10.5.